The van der Waals surface area contributed by atoms with Crippen molar-refractivity contribution in [1.82, 2.24) is 9.80 Å². The molecule has 0 amide bonds. The van der Waals surface area contributed by atoms with Gasteiger partial charge in [-0.05, 0) is 33.0 Å². The summed E-state index contributed by atoms with van der Waals surface area (Å²) >= 11 is 0. The van der Waals surface area contributed by atoms with E-state index in [2.05, 4.69) is 23.9 Å². The van der Waals surface area contributed by atoms with E-state index in [1.54, 1.807) is 0 Å². The van der Waals surface area contributed by atoms with Crippen molar-refractivity contribution in [1.29, 1.82) is 0 Å². The fraction of sp³-hybridized carbons (Fsp3) is 1.00. The van der Waals surface area contributed by atoms with E-state index >= 15 is 0 Å². The molecule has 0 saturated carbocycles. The van der Waals surface area contributed by atoms with Gasteiger partial charge in [0.15, 0.2) is 0 Å². The molecule has 1 atom stereocenters. The van der Waals surface area contributed by atoms with Gasteiger partial charge in [-0.15, -0.1) is 0 Å². The fourth-order valence-corrected chi connectivity index (χ4v) is 1.61. The molecule has 0 radical (unpaired) electrons. The number of hydrogen-bond acceptors (Lipinski definition) is 3. The molecular weight excluding hydrogens is 152 g/mol. The Morgan fingerprint density at radius 1 is 1.50 bits per heavy atom. The van der Waals surface area contributed by atoms with Crippen molar-refractivity contribution in [2.75, 3.05) is 46.9 Å². The van der Waals surface area contributed by atoms with E-state index in [0.717, 1.165) is 19.6 Å². The monoisotopic (exact) mass is 172 g/mol. The van der Waals surface area contributed by atoms with Crippen molar-refractivity contribution >= 4 is 0 Å². The molecule has 1 N–H and O–H groups in total. The van der Waals surface area contributed by atoms with Crippen molar-refractivity contribution in [3.8, 4) is 0 Å². The van der Waals surface area contributed by atoms with Gasteiger partial charge in [0.1, 0.15) is 0 Å². The van der Waals surface area contributed by atoms with Crippen LogP contribution in [0.15, 0.2) is 0 Å². The third kappa shape index (κ3) is 3.09. The maximum Gasteiger partial charge on any atom is 0.0471 e. The van der Waals surface area contributed by atoms with Gasteiger partial charge in [-0.25, -0.2) is 0 Å². The number of aliphatic hydroxyl groups is 1. The Labute approximate surface area is 75.0 Å². The van der Waals surface area contributed by atoms with Crippen molar-refractivity contribution < 1.29 is 5.11 Å². The van der Waals surface area contributed by atoms with E-state index in [1.165, 1.54) is 13.0 Å². The lowest BCUT2D eigenvalue weighted by atomic mass is 10.1. The maximum absolute atomic E-state index is 8.92. The van der Waals surface area contributed by atoms with Crippen LogP contribution < -0.4 is 0 Å². The lowest BCUT2D eigenvalue weighted by molar-refractivity contribution is 0.216. The van der Waals surface area contributed by atoms with E-state index in [1.807, 2.05) is 0 Å². The minimum absolute atomic E-state index is 0.360. The van der Waals surface area contributed by atoms with E-state index in [9.17, 15) is 0 Å². The summed E-state index contributed by atoms with van der Waals surface area (Å²) in [5.41, 5.74) is 0. The predicted octanol–water partition coefficient (Wildman–Crippen LogP) is -0.138. The second-order valence-corrected chi connectivity index (χ2v) is 3.94. The first-order valence-corrected chi connectivity index (χ1v) is 4.70. The van der Waals surface area contributed by atoms with Crippen LogP contribution in [0.3, 0.4) is 0 Å². The lowest BCUT2D eigenvalue weighted by Gasteiger charge is -2.18. The molecule has 1 rings (SSSR count). The second kappa shape index (κ2) is 4.80. The molecule has 1 unspecified atom stereocenters. The highest BCUT2D eigenvalue weighted by molar-refractivity contribution is 4.74. The number of likely N-dealkylation sites (tertiary alicyclic amines) is 1. The molecule has 0 aromatic carbocycles. The molecule has 1 aliphatic heterocycles. The Hall–Kier alpha value is -0.120. The molecule has 0 spiro atoms. The van der Waals surface area contributed by atoms with E-state index < -0.39 is 0 Å². The maximum atomic E-state index is 8.92. The Morgan fingerprint density at radius 3 is 2.75 bits per heavy atom. The van der Waals surface area contributed by atoms with Gasteiger partial charge >= 0.3 is 0 Å². The Kier molecular flexibility index (Phi) is 3.98. The van der Waals surface area contributed by atoms with Gasteiger partial charge in [-0.3, -0.25) is 0 Å². The first-order chi connectivity index (χ1) is 5.72. The molecule has 1 fully saturated rings. The van der Waals surface area contributed by atoms with Crippen LogP contribution in [-0.4, -0.2) is 61.8 Å². The number of aliphatic hydroxyl groups excluding tert-OH is 1. The molecule has 0 aromatic rings. The van der Waals surface area contributed by atoms with Crippen LogP contribution in [0.1, 0.15) is 6.42 Å². The fourth-order valence-electron chi connectivity index (χ4n) is 1.61. The lowest BCUT2D eigenvalue weighted by Crippen LogP contribution is -2.30. The molecule has 0 bridgehead atoms. The van der Waals surface area contributed by atoms with Gasteiger partial charge in [-0.2, -0.15) is 0 Å². The summed E-state index contributed by atoms with van der Waals surface area (Å²) in [4.78, 5) is 4.63. The minimum Gasteiger partial charge on any atom is -0.396 e. The smallest absolute Gasteiger partial charge is 0.0471 e. The van der Waals surface area contributed by atoms with Crippen molar-refractivity contribution in [3.05, 3.63) is 0 Å². The van der Waals surface area contributed by atoms with Crippen molar-refractivity contribution in [2.24, 2.45) is 5.92 Å². The quantitative estimate of drug-likeness (QED) is 0.639. The number of nitrogens with zero attached hydrogens (tertiary/aromatic N) is 2. The first kappa shape index (κ1) is 9.96. The summed E-state index contributed by atoms with van der Waals surface area (Å²) in [7, 11) is 4.19. The Morgan fingerprint density at radius 2 is 2.25 bits per heavy atom. The SMILES string of the molecule is CN(C)CCN1CCC(CO)C1. The number of likely N-dealkylation sites (N-methyl/N-ethyl adjacent to an activating group) is 1. The summed E-state index contributed by atoms with van der Waals surface area (Å²) < 4.78 is 0. The zero-order valence-corrected chi connectivity index (χ0v) is 8.16. The van der Waals surface area contributed by atoms with Crippen LogP contribution in [0.5, 0.6) is 0 Å². The van der Waals surface area contributed by atoms with Gasteiger partial charge < -0.3 is 14.9 Å². The molecule has 12 heavy (non-hydrogen) atoms. The van der Waals surface area contributed by atoms with Gasteiger partial charge in [-0.1, -0.05) is 0 Å². The van der Waals surface area contributed by atoms with E-state index in [4.69, 9.17) is 5.11 Å². The summed E-state index contributed by atoms with van der Waals surface area (Å²) in [5, 5.41) is 8.92. The van der Waals surface area contributed by atoms with Gasteiger partial charge in [0.25, 0.3) is 0 Å². The summed E-state index contributed by atoms with van der Waals surface area (Å²) in [6.45, 7) is 4.88. The van der Waals surface area contributed by atoms with Crippen LogP contribution >= 0.6 is 0 Å². The molecule has 72 valence electrons. The topological polar surface area (TPSA) is 26.7 Å². The average Bonchev–Trinajstić information content (AvgIpc) is 2.48. The molecule has 1 saturated heterocycles. The summed E-state index contributed by atoms with van der Waals surface area (Å²) in [5.74, 6) is 0.534. The molecule has 0 aliphatic carbocycles. The van der Waals surface area contributed by atoms with Crippen molar-refractivity contribution in [3.63, 3.8) is 0 Å². The summed E-state index contributed by atoms with van der Waals surface area (Å²) in [6, 6.07) is 0. The molecule has 3 nitrogen and oxygen atoms in total. The third-order valence-corrected chi connectivity index (χ3v) is 2.49. The van der Waals surface area contributed by atoms with Gasteiger partial charge in [0, 0.05) is 26.2 Å². The van der Waals surface area contributed by atoms with E-state index in [0.29, 0.717) is 12.5 Å². The number of hydrogen-bond donors (Lipinski definition) is 1. The third-order valence-electron chi connectivity index (χ3n) is 2.49. The predicted molar refractivity (Wildman–Crippen MR) is 50.2 cm³/mol. The van der Waals surface area contributed by atoms with Gasteiger partial charge in [0.05, 0.1) is 0 Å². The van der Waals surface area contributed by atoms with Crippen LogP contribution in [0.25, 0.3) is 0 Å². The molecule has 1 aliphatic rings. The molecular formula is C9H20N2O. The zero-order chi connectivity index (χ0) is 8.97. The highest BCUT2D eigenvalue weighted by atomic mass is 16.3. The van der Waals surface area contributed by atoms with Crippen LogP contribution in [0.2, 0.25) is 0 Å². The zero-order valence-electron chi connectivity index (χ0n) is 8.16. The molecule has 1 heterocycles. The average molecular weight is 172 g/mol. The highest BCUT2D eigenvalue weighted by Gasteiger charge is 2.20. The van der Waals surface area contributed by atoms with Gasteiger partial charge in [0.2, 0.25) is 0 Å². The Bertz CT molecular complexity index is 128. The van der Waals surface area contributed by atoms with E-state index in [-0.39, 0.29) is 0 Å². The van der Waals surface area contributed by atoms with Crippen molar-refractivity contribution in [2.45, 2.75) is 6.42 Å². The largest absolute Gasteiger partial charge is 0.396 e. The second-order valence-electron chi connectivity index (χ2n) is 3.94. The molecule has 0 aromatic heterocycles. The standard InChI is InChI=1S/C9H20N2O/c1-10(2)5-6-11-4-3-9(7-11)8-12/h9,12H,3-8H2,1-2H3. The first-order valence-electron chi connectivity index (χ1n) is 4.70. The van der Waals surface area contributed by atoms with Crippen LogP contribution in [-0.2, 0) is 0 Å². The normalized spacial score (nSPS) is 25.5. The highest BCUT2D eigenvalue weighted by Crippen LogP contribution is 2.14. The van der Waals surface area contributed by atoms with Crippen LogP contribution in [0, 0.1) is 5.92 Å². The number of rotatable bonds is 4. The Balaban J connectivity index is 2.11. The molecule has 3 heteroatoms. The minimum atomic E-state index is 0.360. The van der Waals surface area contributed by atoms with Crippen LogP contribution in [0.4, 0.5) is 0 Å². The summed E-state index contributed by atoms with van der Waals surface area (Å²) in [6.07, 6.45) is 1.17.